The number of benzene rings is 1. The van der Waals surface area contributed by atoms with E-state index in [2.05, 4.69) is 0 Å². The lowest BCUT2D eigenvalue weighted by molar-refractivity contribution is -0.117. The van der Waals surface area contributed by atoms with Gasteiger partial charge in [0.1, 0.15) is 0 Å². The third-order valence-electron chi connectivity index (χ3n) is 2.72. The highest BCUT2D eigenvalue weighted by atomic mass is 32.1. The lowest BCUT2D eigenvalue weighted by atomic mass is 10.2. The average Bonchev–Trinajstić information content (AvgIpc) is 2.89. The Balaban J connectivity index is 2.25. The van der Waals surface area contributed by atoms with Crippen LogP contribution in [0.2, 0.25) is 0 Å². The van der Waals surface area contributed by atoms with Gasteiger partial charge < -0.3 is 10.6 Å². The van der Waals surface area contributed by atoms with Gasteiger partial charge >= 0.3 is 0 Å². The van der Waals surface area contributed by atoms with Crippen molar-refractivity contribution in [3.63, 3.8) is 0 Å². The molecule has 0 radical (unpaired) electrons. The zero-order valence-electron chi connectivity index (χ0n) is 10.3. The number of anilines is 1. The van der Waals surface area contributed by atoms with E-state index in [9.17, 15) is 4.79 Å². The summed E-state index contributed by atoms with van der Waals surface area (Å²) in [5, 5.41) is 2.01. The molecular formula is C14H16N2OS. The molecule has 1 aromatic carbocycles. The minimum atomic E-state index is -0.0627. The Hall–Kier alpha value is -1.65. The summed E-state index contributed by atoms with van der Waals surface area (Å²) in [6.07, 6.45) is 0. The molecule has 2 N–H and O–H groups in total. The van der Waals surface area contributed by atoms with Crippen molar-refractivity contribution in [2.45, 2.75) is 13.5 Å². The third kappa shape index (κ3) is 2.97. The smallest absolute Gasteiger partial charge is 0.241 e. The Morgan fingerprint density at radius 2 is 2.00 bits per heavy atom. The topological polar surface area (TPSA) is 46.3 Å². The lowest BCUT2D eigenvalue weighted by Gasteiger charge is -2.21. The molecule has 0 fully saturated rings. The number of amides is 1. The fourth-order valence-electron chi connectivity index (χ4n) is 1.72. The molecule has 0 saturated carbocycles. The van der Waals surface area contributed by atoms with Gasteiger partial charge in [0.2, 0.25) is 5.91 Å². The molecular weight excluding hydrogens is 244 g/mol. The Morgan fingerprint density at radius 1 is 1.28 bits per heavy atom. The monoisotopic (exact) mass is 260 g/mol. The van der Waals surface area contributed by atoms with Crippen LogP contribution in [-0.4, -0.2) is 12.5 Å². The summed E-state index contributed by atoms with van der Waals surface area (Å²) >= 11 is 1.64. The molecule has 2 rings (SSSR count). The zero-order chi connectivity index (χ0) is 13.0. The van der Waals surface area contributed by atoms with Crippen LogP contribution in [0.3, 0.4) is 0 Å². The molecule has 0 spiro atoms. The number of hydrogen-bond donors (Lipinski definition) is 1. The van der Waals surface area contributed by atoms with E-state index in [1.165, 1.54) is 5.56 Å². The molecule has 0 aliphatic carbocycles. The van der Waals surface area contributed by atoms with Crippen molar-refractivity contribution in [3.8, 4) is 0 Å². The van der Waals surface area contributed by atoms with E-state index in [-0.39, 0.29) is 12.5 Å². The van der Waals surface area contributed by atoms with Crippen LogP contribution in [0, 0.1) is 6.92 Å². The van der Waals surface area contributed by atoms with E-state index < -0.39 is 0 Å². The molecule has 0 bridgehead atoms. The van der Waals surface area contributed by atoms with E-state index in [0.29, 0.717) is 6.54 Å². The van der Waals surface area contributed by atoms with Gasteiger partial charge in [-0.05, 0) is 30.5 Å². The maximum atomic E-state index is 11.9. The van der Waals surface area contributed by atoms with Crippen molar-refractivity contribution < 1.29 is 4.79 Å². The largest absolute Gasteiger partial charge is 0.322 e. The fourth-order valence-corrected chi connectivity index (χ4v) is 2.41. The highest BCUT2D eigenvalue weighted by Crippen LogP contribution is 2.20. The SMILES string of the molecule is Cc1ccc(N(Cc2cccs2)C(=O)CN)cc1. The second-order valence-electron chi connectivity index (χ2n) is 4.10. The first-order valence-electron chi connectivity index (χ1n) is 5.80. The standard InChI is InChI=1S/C14H16N2OS/c1-11-4-6-12(7-5-11)16(14(17)9-15)10-13-3-2-8-18-13/h2-8H,9-10,15H2,1H3. The minimum Gasteiger partial charge on any atom is -0.322 e. The van der Waals surface area contributed by atoms with Gasteiger partial charge in [-0.1, -0.05) is 23.8 Å². The van der Waals surface area contributed by atoms with Gasteiger partial charge in [-0.25, -0.2) is 0 Å². The maximum Gasteiger partial charge on any atom is 0.241 e. The summed E-state index contributed by atoms with van der Waals surface area (Å²) in [5.41, 5.74) is 7.55. The molecule has 0 unspecified atom stereocenters. The van der Waals surface area contributed by atoms with Gasteiger partial charge in [-0.2, -0.15) is 0 Å². The maximum absolute atomic E-state index is 11.9. The molecule has 0 saturated heterocycles. The van der Waals surface area contributed by atoms with Crippen LogP contribution in [-0.2, 0) is 11.3 Å². The lowest BCUT2D eigenvalue weighted by Crippen LogP contribution is -2.35. The number of rotatable bonds is 4. The van der Waals surface area contributed by atoms with Crippen molar-refractivity contribution in [2.24, 2.45) is 5.73 Å². The summed E-state index contributed by atoms with van der Waals surface area (Å²) in [6.45, 7) is 2.63. The zero-order valence-corrected chi connectivity index (χ0v) is 11.1. The Bertz CT molecular complexity index is 505. The van der Waals surface area contributed by atoms with Crippen LogP contribution in [0.1, 0.15) is 10.4 Å². The molecule has 0 atom stereocenters. The quantitative estimate of drug-likeness (QED) is 0.918. The van der Waals surface area contributed by atoms with Crippen LogP contribution in [0.4, 0.5) is 5.69 Å². The molecule has 4 heteroatoms. The molecule has 1 aromatic heterocycles. The summed E-state index contributed by atoms with van der Waals surface area (Å²) in [5.74, 6) is -0.0627. The van der Waals surface area contributed by atoms with Crippen molar-refractivity contribution in [2.75, 3.05) is 11.4 Å². The van der Waals surface area contributed by atoms with Crippen LogP contribution in [0.5, 0.6) is 0 Å². The van der Waals surface area contributed by atoms with Crippen LogP contribution < -0.4 is 10.6 Å². The normalized spacial score (nSPS) is 10.3. The van der Waals surface area contributed by atoms with Gasteiger partial charge in [-0.15, -0.1) is 11.3 Å². The Labute approximate surface area is 111 Å². The first-order chi connectivity index (χ1) is 8.70. The van der Waals surface area contributed by atoms with Gasteiger partial charge in [0.15, 0.2) is 0 Å². The van der Waals surface area contributed by atoms with Crippen molar-refractivity contribution in [1.29, 1.82) is 0 Å². The van der Waals surface area contributed by atoms with Crippen LogP contribution >= 0.6 is 11.3 Å². The van der Waals surface area contributed by atoms with Gasteiger partial charge in [0, 0.05) is 10.6 Å². The van der Waals surface area contributed by atoms with Gasteiger partial charge in [0.05, 0.1) is 13.1 Å². The summed E-state index contributed by atoms with van der Waals surface area (Å²) in [4.78, 5) is 14.8. The van der Waals surface area contributed by atoms with E-state index in [0.717, 1.165) is 10.6 Å². The van der Waals surface area contributed by atoms with Crippen molar-refractivity contribution in [1.82, 2.24) is 0 Å². The number of nitrogens with two attached hydrogens (primary N) is 1. The molecule has 2 aromatic rings. The highest BCUT2D eigenvalue weighted by molar-refractivity contribution is 7.09. The second-order valence-corrected chi connectivity index (χ2v) is 5.13. The highest BCUT2D eigenvalue weighted by Gasteiger charge is 2.14. The predicted molar refractivity (Wildman–Crippen MR) is 75.7 cm³/mol. The van der Waals surface area contributed by atoms with Gasteiger partial charge in [-0.3, -0.25) is 4.79 Å². The number of carbonyl (C=O) groups is 1. The molecule has 0 aliphatic rings. The van der Waals surface area contributed by atoms with E-state index >= 15 is 0 Å². The molecule has 1 heterocycles. The van der Waals surface area contributed by atoms with E-state index in [1.807, 2.05) is 48.7 Å². The number of carbonyl (C=O) groups excluding carboxylic acids is 1. The van der Waals surface area contributed by atoms with Crippen LogP contribution in [0.15, 0.2) is 41.8 Å². The fraction of sp³-hybridized carbons (Fsp3) is 0.214. The summed E-state index contributed by atoms with van der Waals surface area (Å²) < 4.78 is 0. The molecule has 94 valence electrons. The van der Waals surface area contributed by atoms with E-state index in [1.54, 1.807) is 16.2 Å². The third-order valence-corrected chi connectivity index (χ3v) is 3.58. The predicted octanol–water partition coefficient (Wildman–Crippen LogP) is 2.55. The molecule has 0 aliphatic heterocycles. The molecule has 1 amide bonds. The summed E-state index contributed by atoms with van der Waals surface area (Å²) in [6, 6.07) is 11.9. The minimum absolute atomic E-state index is 0.0270. The molecule has 3 nitrogen and oxygen atoms in total. The van der Waals surface area contributed by atoms with Crippen molar-refractivity contribution >= 4 is 22.9 Å². The van der Waals surface area contributed by atoms with E-state index in [4.69, 9.17) is 5.73 Å². The number of hydrogen-bond acceptors (Lipinski definition) is 3. The van der Waals surface area contributed by atoms with Crippen molar-refractivity contribution in [3.05, 3.63) is 52.2 Å². The first-order valence-corrected chi connectivity index (χ1v) is 6.68. The number of thiophene rings is 1. The number of nitrogens with zero attached hydrogens (tertiary/aromatic N) is 1. The number of aryl methyl sites for hydroxylation is 1. The molecule has 18 heavy (non-hydrogen) atoms. The Morgan fingerprint density at radius 3 is 2.56 bits per heavy atom. The Kier molecular flexibility index (Phi) is 4.12. The van der Waals surface area contributed by atoms with Crippen LogP contribution in [0.25, 0.3) is 0 Å². The summed E-state index contributed by atoms with van der Waals surface area (Å²) in [7, 11) is 0. The second kappa shape index (κ2) is 5.80. The van der Waals surface area contributed by atoms with Gasteiger partial charge in [0.25, 0.3) is 0 Å². The first kappa shape index (κ1) is 12.8. The average molecular weight is 260 g/mol.